The van der Waals surface area contributed by atoms with Gasteiger partial charge in [-0.3, -0.25) is 0 Å². The van der Waals surface area contributed by atoms with Crippen molar-refractivity contribution in [3.05, 3.63) is 73.6 Å². The first-order valence-electron chi connectivity index (χ1n) is 9.58. The number of nitrogens with two attached hydrogens (primary N) is 1. The van der Waals surface area contributed by atoms with E-state index in [-0.39, 0.29) is 10.5 Å². The number of alkyl halides is 1. The van der Waals surface area contributed by atoms with E-state index in [1.165, 1.54) is 30.5 Å². The Morgan fingerprint density at radius 2 is 2.12 bits per heavy atom. The fraction of sp³-hybridized carbons (Fsp3) is 0.238. The van der Waals surface area contributed by atoms with Crippen LogP contribution < -0.4 is 31.5 Å². The summed E-state index contributed by atoms with van der Waals surface area (Å²) in [6.07, 6.45) is 4.48. The highest BCUT2D eigenvalue weighted by Gasteiger charge is 2.26. The van der Waals surface area contributed by atoms with Crippen molar-refractivity contribution in [2.75, 3.05) is 7.05 Å². The lowest BCUT2D eigenvalue weighted by molar-refractivity contribution is 0.267. The second kappa shape index (κ2) is 8.80. The topological polar surface area (TPSA) is 125 Å². The Balaban J connectivity index is 1.77. The van der Waals surface area contributed by atoms with Crippen LogP contribution in [0.1, 0.15) is 22.7 Å². The molecular formula is C21H20ClN3O5S2. The minimum atomic E-state index is -3.66. The van der Waals surface area contributed by atoms with Gasteiger partial charge in [-0.1, -0.05) is 29.5 Å². The average molecular weight is 494 g/mol. The van der Waals surface area contributed by atoms with E-state index in [0.29, 0.717) is 27.0 Å². The highest BCUT2D eigenvalue weighted by molar-refractivity contribution is 7.89. The number of halogens is 1. The zero-order valence-electron chi connectivity index (χ0n) is 17.1. The number of hydrogen-bond donors (Lipinski definition) is 2. The first-order valence-corrected chi connectivity index (χ1v) is 12.4. The maximum absolute atomic E-state index is 12.9. The zero-order chi connectivity index (χ0) is 23.0. The van der Waals surface area contributed by atoms with Crippen LogP contribution in [0, 0.1) is 6.92 Å². The van der Waals surface area contributed by atoms with Crippen LogP contribution >= 0.6 is 22.9 Å². The van der Waals surface area contributed by atoms with E-state index in [9.17, 15) is 13.2 Å². The molecule has 1 aliphatic carbocycles. The summed E-state index contributed by atoms with van der Waals surface area (Å²) < 4.78 is 37.9. The molecule has 0 saturated heterocycles. The number of nitrogens with zero attached hydrogens (tertiary/aromatic N) is 1. The second-order valence-electron chi connectivity index (χ2n) is 7.12. The molecule has 0 spiro atoms. The van der Waals surface area contributed by atoms with Gasteiger partial charge in [0.1, 0.15) is 11.5 Å². The molecule has 168 valence electrons. The van der Waals surface area contributed by atoms with E-state index in [0.717, 1.165) is 0 Å². The number of aromatic nitrogens is 1. The fourth-order valence-electron chi connectivity index (χ4n) is 3.52. The summed E-state index contributed by atoms with van der Waals surface area (Å²) in [6, 6.07) is 5.23. The molecule has 3 N–H and O–H groups in total. The van der Waals surface area contributed by atoms with Crippen LogP contribution in [0.15, 0.2) is 49.9 Å². The predicted molar refractivity (Wildman–Crippen MR) is 123 cm³/mol. The molecule has 0 amide bonds. The van der Waals surface area contributed by atoms with Crippen molar-refractivity contribution in [3.8, 4) is 5.19 Å². The van der Waals surface area contributed by atoms with Crippen LogP contribution in [-0.2, 0) is 10.0 Å². The van der Waals surface area contributed by atoms with Crippen molar-refractivity contribution in [3.63, 3.8) is 0 Å². The lowest BCUT2D eigenvalue weighted by atomic mass is 9.95. The molecule has 3 atom stereocenters. The highest BCUT2D eigenvalue weighted by atomic mass is 35.5. The van der Waals surface area contributed by atoms with Crippen LogP contribution in [0.5, 0.6) is 5.19 Å². The maximum atomic E-state index is 12.9. The molecule has 0 aliphatic heterocycles. The molecule has 0 radical (unpaired) electrons. The summed E-state index contributed by atoms with van der Waals surface area (Å²) in [5.74, 6) is 0. The SMILES string of the molecule is CNS(=O)(=O)c1cccc(C(N)c2c(C)c3c(oc2=O)=CC(Oc2nccs2)C(Cl)C=3)c1. The van der Waals surface area contributed by atoms with E-state index in [2.05, 4.69) is 9.71 Å². The number of fused-ring (bicyclic) bond motifs is 1. The Labute approximate surface area is 193 Å². The molecule has 1 aliphatic rings. The van der Waals surface area contributed by atoms with E-state index in [4.69, 9.17) is 26.5 Å². The maximum Gasteiger partial charge on any atom is 0.341 e. The molecule has 0 bridgehead atoms. The molecule has 2 heterocycles. The standard InChI is InChI=1S/C21H20ClN3O5S2/c1-11-14-9-15(22)17(30-21-25-6-7-31-21)10-16(14)29-20(26)18(11)19(23)12-4-3-5-13(8-12)32(27,28)24-2/h3-10,15,17,19,24H,23H2,1-2H3. The lowest BCUT2D eigenvalue weighted by Gasteiger charge is -2.21. The smallest absolute Gasteiger partial charge is 0.341 e. The van der Waals surface area contributed by atoms with Crippen molar-refractivity contribution in [2.24, 2.45) is 5.73 Å². The monoisotopic (exact) mass is 493 g/mol. The largest absolute Gasteiger partial charge is 0.460 e. The Kier molecular flexibility index (Phi) is 6.24. The van der Waals surface area contributed by atoms with Gasteiger partial charge >= 0.3 is 5.63 Å². The van der Waals surface area contributed by atoms with Crippen molar-refractivity contribution in [2.45, 2.75) is 29.3 Å². The highest BCUT2D eigenvalue weighted by Crippen LogP contribution is 2.23. The summed E-state index contributed by atoms with van der Waals surface area (Å²) in [5.41, 5.74) is 7.43. The van der Waals surface area contributed by atoms with E-state index in [1.54, 1.807) is 42.8 Å². The summed E-state index contributed by atoms with van der Waals surface area (Å²) in [6.45, 7) is 1.76. The molecule has 8 nitrogen and oxygen atoms in total. The van der Waals surface area contributed by atoms with Gasteiger partial charge < -0.3 is 14.9 Å². The third kappa shape index (κ3) is 4.24. The third-order valence-electron chi connectivity index (χ3n) is 5.21. The molecule has 3 unspecified atom stereocenters. The van der Waals surface area contributed by atoms with Crippen LogP contribution in [-0.4, -0.2) is 31.9 Å². The molecule has 11 heteroatoms. The van der Waals surface area contributed by atoms with Gasteiger partial charge in [-0.05, 0) is 37.2 Å². The van der Waals surface area contributed by atoms with Crippen LogP contribution in [0.4, 0.5) is 0 Å². The summed E-state index contributed by atoms with van der Waals surface area (Å²) in [5, 5.41) is 2.37. The van der Waals surface area contributed by atoms with Crippen molar-refractivity contribution in [1.29, 1.82) is 0 Å². The lowest BCUT2D eigenvalue weighted by Crippen LogP contribution is -2.43. The van der Waals surface area contributed by atoms with Crippen molar-refractivity contribution >= 4 is 45.1 Å². The average Bonchev–Trinajstić information content (AvgIpc) is 3.28. The second-order valence-corrected chi connectivity index (χ2v) is 10.4. The van der Waals surface area contributed by atoms with Crippen molar-refractivity contribution < 1.29 is 17.6 Å². The van der Waals surface area contributed by atoms with E-state index in [1.807, 2.05) is 0 Å². The predicted octanol–water partition coefficient (Wildman–Crippen LogP) is 0.991. The Morgan fingerprint density at radius 1 is 1.34 bits per heavy atom. The van der Waals surface area contributed by atoms with E-state index < -0.39 is 33.2 Å². The molecule has 4 rings (SSSR count). The minimum Gasteiger partial charge on any atom is -0.460 e. The third-order valence-corrected chi connectivity index (χ3v) is 7.65. The minimum absolute atomic E-state index is 0.0517. The molecule has 2 aromatic heterocycles. The van der Waals surface area contributed by atoms with Gasteiger partial charge in [0.25, 0.3) is 5.19 Å². The van der Waals surface area contributed by atoms with Gasteiger partial charge in [-0.2, -0.15) is 0 Å². The zero-order valence-corrected chi connectivity index (χ0v) is 19.5. The normalized spacial score (nSPS) is 18.9. The number of thiazole rings is 1. The van der Waals surface area contributed by atoms with Gasteiger partial charge in [0.15, 0.2) is 0 Å². The number of sulfonamides is 1. The molecule has 3 aromatic rings. The molecule has 0 saturated carbocycles. The number of benzene rings is 1. The Hall–Kier alpha value is -2.50. The van der Waals surface area contributed by atoms with Gasteiger partial charge in [0.05, 0.1) is 21.9 Å². The van der Waals surface area contributed by atoms with Gasteiger partial charge in [-0.15, -0.1) is 11.6 Å². The van der Waals surface area contributed by atoms with Crippen LogP contribution in [0.25, 0.3) is 12.2 Å². The summed E-state index contributed by atoms with van der Waals surface area (Å²) in [4.78, 5) is 17.0. The van der Waals surface area contributed by atoms with Crippen molar-refractivity contribution in [1.82, 2.24) is 9.71 Å². The summed E-state index contributed by atoms with van der Waals surface area (Å²) in [7, 11) is -2.34. The Bertz CT molecular complexity index is 1440. The number of hydrogen-bond acceptors (Lipinski definition) is 8. The molecular weight excluding hydrogens is 474 g/mol. The number of nitrogens with one attached hydrogen (secondary N) is 1. The molecule has 32 heavy (non-hydrogen) atoms. The quantitative estimate of drug-likeness (QED) is 0.490. The Morgan fingerprint density at radius 3 is 2.81 bits per heavy atom. The summed E-state index contributed by atoms with van der Waals surface area (Å²) >= 11 is 7.85. The van der Waals surface area contributed by atoms with Crippen LogP contribution in [0.2, 0.25) is 0 Å². The van der Waals surface area contributed by atoms with Crippen LogP contribution in [0.3, 0.4) is 0 Å². The van der Waals surface area contributed by atoms with E-state index >= 15 is 0 Å². The first kappa shape index (κ1) is 22.7. The van der Waals surface area contributed by atoms with Gasteiger partial charge in [0.2, 0.25) is 10.0 Å². The molecule has 0 fully saturated rings. The van der Waals surface area contributed by atoms with Gasteiger partial charge in [0, 0.05) is 22.9 Å². The number of ether oxygens (including phenoxy) is 1. The van der Waals surface area contributed by atoms with Gasteiger partial charge in [-0.25, -0.2) is 22.9 Å². The fourth-order valence-corrected chi connectivity index (χ4v) is 5.08. The number of rotatable bonds is 6. The molecule has 1 aromatic carbocycles. The first-order chi connectivity index (χ1) is 15.2.